The topological polar surface area (TPSA) is 104 Å². The maximum atomic E-state index is 11.7. The van der Waals surface area contributed by atoms with Crippen LogP contribution in [0.5, 0.6) is 0 Å². The van der Waals surface area contributed by atoms with E-state index >= 15 is 0 Å². The largest absolute Gasteiger partial charge is 0.381 e. The monoisotopic (exact) mass is 229 g/mol. The molecule has 5 N–H and O–H groups in total. The first kappa shape index (κ1) is 12.9. The summed E-state index contributed by atoms with van der Waals surface area (Å²) in [5.74, 6) is -0.982. The van der Waals surface area contributed by atoms with E-state index in [2.05, 4.69) is 10.6 Å². The Kier molecular flexibility index (Phi) is 4.70. The van der Waals surface area contributed by atoms with Gasteiger partial charge in [0.05, 0.1) is 6.54 Å². The van der Waals surface area contributed by atoms with Crippen molar-refractivity contribution in [3.8, 4) is 0 Å². The summed E-state index contributed by atoms with van der Waals surface area (Å²) in [6.45, 7) is 2.74. The van der Waals surface area contributed by atoms with Gasteiger partial charge in [-0.15, -0.1) is 0 Å². The summed E-state index contributed by atoms with van der Waals surface area (Å²) in [6, 6.07) is 0.325. The number of hydrogen-bond donors (Lipinski definition) is 4. The molecule has 0 radical (unpaired) electrons. The number of nitrogens with one attached hydrogen (secondary N) is 2. The molecule has 16 heavy (non-hydrogen) atoms. The molecule has 0 aromatic rings. The van der Waals surface area contributed by atoms with E-state index < -0.39 is 12.0 Å². The van der Waals surface area contributed by atoms with Gasteiger partial charge in [0.15, 0.2) is 0 Å². The van der Waals surface area contributed by atoms with Crippen LogP contribution in [0.3, 0.4) is 0 Å². The van der Waals surface area contributed by atoms with Crippen LogP contribution in [0.1, 0.15) is 19.8 Å². The fourth-order valence-corrected chi connectivity index (χ4v) is 1.81. The normalized spacial score (nSPS) is 27.1. The summed E-state index contributed by atoms with van der Waals surface area (Å²) in [4.78, 5) is 22.2. The third-order valence-corrected chi connectivity index (χ3v) is 2.79. The van der Waals surface area contributed by atoms with Crippen LogP contribution in [-0.2, 0) is 9.59 Å². The lowest BCUT2D eigenvalue weighted by Crippen LogP contribution is -2.45. The van der Waals surface area contributed by atoms with Crippen molar-refractivity contribution < 1.29 is 14.7 Å². The first-order valence-corrected chi connectivity index (χ1v) is 5.49. The van der Waals surface area contributed by atoms with Crippen LogP contribution in [-0.4, -0.2) is 42.2 Å². The Morgan fingerprint density at radius 2 is 2.31 bits per heavy atom. The molecular weight excluding hydrogens is 210 g/mol. The highest BCUT2D eigenvalue weighted by atomic mass is 16.3. The van der Waals surface area contributed by atoms with Gasteiger partial charge in [0.2, 0.25) is 11.8 Å². The molecule has 1 saturated heterocycles. The SMILES string of the molecule is CC1CC(C(=O)NCC(O)C(N)=O)CCN1. The number of aliphatic hydroxyl groups excluding tert-OH is 1. The molecule has 0 saturated carbocycles. The number of carbonyl (C=O) groups is 2. The van der Waals surface area contributed by atoms with E-state index in [1.54, 1.807) is 0 Å². The molecule has 1 rings (SSSR count). The van der Waals surface area contributed by atoms with Crippen LogP contribution < -0.4 is 16.4 Å². The Balaban J connectivity index is 2.31. The molecule has 0 aromatic heterocycles. The van der Waals surface area contributed by atoms with Gasteiger partial charge in [-0.2, -0.15) is 0 Å². The third kappa shape index (κ3) is 3.79. The fourth-order valence-electron chi connectivity index (χ4n) is 1.81. The molecule has 3 unspecified atom stereocenters. The van der Waals surface area contributed by atoms with Gasteiger partial charge >= 0.3 is 0 Å². The molecule has 0 spiro atoms. The fraction of sp³-hybridized carbons (Fsp3) is 0.800. The van der Waals surface area contributed by atoms with Crippen molar-refractivity contribution in [2.75, 3.05) is 13.1 Å². The number of rotatable bonds is 4. The Labute approximate surface area is 94.6 Å². The number of aliphatic hydroxyl groups is 1. The Bertz CT molecular complexity index is 270. The number of amides is 2. The van der Waals surface area contributed by atoms with Gasteiger partial charge in [-0.3, -0.25) is 9.59 Å². The van der Waals surface area contributed by atoms with Crippen LogP contribution in [0.4, 0.5) is 0 Å². The molecule has 92 valence electrons. The van der Waals surface area contributed by atoms with Crippen LogP contribution in [0, 0.1) is 5.92 Å². The van der Waals surface area contributed by atoms with Crippen LogP contribution in [0.15, 0.2) is 0 Å². The maximum Gasteiger partial charge on any atom is 0.248 e. The minimum Gasteiger partial charge on any atom is -0.381 e. The predicted octanol–water partition coefficient (Wildman–Crippen LogP) is -1.66. The van der Waals surface area contributed by atoms with E-state index in [1.165, 1.54) is 0 Å². The van der Waals surface area contributed by atoms with E-state index in [0.29, 0.717) is 6.04 Å². The van der Waals surface area contributed by atoms with E-state index in [9.17, 15) is 9.59 Å². The second-order valence-corrected chi connectivity index (χ2v) is 4.24. The molecule has 0 aliphatic carbocycles. The molecule has 3 atom stereocenters. The van der Waals surface area contributed by atoms with Crippen molar-refractivity contribution in [2.24, 2.45) is 11.7 Å². The van der Waals surface area contributed by atoms with Gasteiger partial charge in [0, 0.05) is 12.0 Å². The average molecular weight is 229 g/mol. The second kappa shape index (κ2) is 5.81. The predicted molar refractivity (Wildman–Crippen MR) is 58.4 cm³/mol. The Hall–Kier alpha value is -1.14. The molecule has 0 aromatic carbocycles. The maximum absolute atomic E-state index is 11.7. The van der Waals surface area contributed by atoms with E-state index in [-0.39, 0.29) is 18.4 Å². The van der Waals surface area contributed by atoms with Crippen molar-refractivity contribution >= 4 is 11.8 Å². The Morgan fingerprint density at radius 1 is 1.62 bits per heavy atom. The average Bonchev–Trinajstić information content (AvgIpc) is 2.25. The summed E-state index contributed by atoms with van der Waals surface area (Å²) >= 11 is 0. The summed E-state index contributed by atoms with van der Waals surface area (Å²) in [5, 5.41) is 14.9. The molecule has 0 bridgehead atoms. The second-order valence-electron chi connectivity index (χ2n) is 4.24. The number of piperidine rings is 1. The minimum atomic E-state index is -1.30. The Morgan fingerprint density at radius 3 is 2.88 bits per heavy atom. The van der Waals surface area contributed by atoms with Gasteiger partial charge < -0.3 is 21.5 Å². The van der Waals surface area contributed by atoms with Crippen molar-refractivity contribution in [3.05, 3.63) is 0 Å². The highest BCUT2D eigenvalue weighted by molar-refractivity contribution is 5.82. The van der Waals surface area contributed by atoms with E-state index in [1.807, 2.05) is 6.92 Å². The number of hydrogen-bond acceptors (Lipinski definition) is 4. The summed E-state index contributed by atoms with van der Waals surface area (Å²) in [6.07, 6.45) is 0.254. The lowest BCUT2D eigenvalue weighted by molar-refractivity contribution is -0.129. The van der Waals surface area contributed by atoms with Gasteiger partial charge in [-0.25, -0.2) is 0 Å². The molecule has 2 amide bonds. The lowest BCUT2D eigenvalue weighted by atomic mass is 9.92. The van der Waals surface area contributed by atoms with Gasteiger partial charge in [-0.1, -0.05) is 0 Å². The number of primary amides is 1. The molecule has 6 heteroatoms. The van der Waals surface area contributed by atoms with Crippen LogP contribution >= 0.6 is 0 Å². The van der Waals surface area contributed by atoms with E-state index in [0.717, 1.165) is 19.4 Å². The zero-order chi connectivity index (χ0) is 12.1. The highest BCUT2D eigenvalue weighted by Crippen LogP contribution is 2.15. The molecule has 1 heterocycles. The quantitative estimate of drug-likeness (QED) is 0.463. The van der Waals surface area contributed by atoms with Gasteiger partial charge in [0.1, 0.15) is 6.10 Å². The van der Waals surface area contributed by atoms with Crippen molar-refractivity contribution in [1.82, 2.24) is 10.6 Å². The molecule has 1 aliphatic rings. The van der Waals surface area contributed by atoms with Gasteiger partial charge in [-0.05, 0) is 26.3 Å². The zero-order valence-electron chi connectivity index (χ0n) is 9.40. The van der Waals surface area contributed by atoms with Crippen molar-refractivity contribution in [2.45, 2.75) is 31.9 Å². The van der Waals surface area contributed by atoms with Crippen molar-refractivity contribution in [3.63, 3.8) is 0 Å². The molecule has 1 fully saturated rings. The summed E-state index contributed by atoms with van der Waals surface area (Å²) in [7, 11) is 0. The first-order chi connectivity index (χ1) is 7.50. The zero-order valence-corrected chi connectivity index (χ0v) is 9.40. The van der Waals surface area contributed by atoms with Crippen LogP contribution in [0.2, 0.25) is 0 Å². The number of nitrogens with two attached hydrogens (primary N) is 1. The molecule has 1 aliphatic heterocycles. The highest BCUT2D eigenvalue weighted by Gasteiger charge is 2.25. The lowest BCUT2D eigenvalue weighted by Gasteiger charge is -2.27. The summed E-state index contributed by atoms with van der Waals surface area (Å²) < 4.78 is 0. The standard InChI is InChI=1S/C10H19N3O3/c1-6-4-7(2-3-12-6)10(16)13-5-8(14)9(11)15/h6-8,12,14H,2-5H2,1H3,(H2,11,15)(H,13,16). The molecular formula is C10H19N3O3. The summed E-state index contributed by atoms with van der Waals surface area (Å²) in [5.41, 5.74) is 4.87. The minimum absolute atomic E-state index is 0.0451. The van der Waals surface area contributed by atoms with Crippen LogP contribution in [0.25, 0.3) is 0 Å². The first-order valence-electron chi connectivity index (χ1n) is 5.49. The van der Waals surface area contributed by atoms with Crippen molar-refractivity contribution in [1.29, 1.82) is 0 Å². The van der Waals surface area contributed by atoms with E-state index in [4.69, 9.17) is 10.8 Å². The third-order valence-electron chi connectivity index (χ3n) is 2.79. The number of carbonyl (C=O) groups excluding carboxylic acids is 2. The molecule has 6 nitrogen and oxygen atoms in total. The smallest absolute Gasteiger partial charge is 0.248 e. The van der Waals surface area contributed by atoms with Gasteiger partial charge in [0.25, 0.3) is 0 Å².